The van der Waals surface area contributed by atoms with Crippen molar-refractivity contribution in [3.63, 3.8) is 0 Å². The Morgan fingerprint density at radius 3 is 2.65 bits per heavy atom. The molecule has 5 heterocycles. The van der Waals surface area contributed by atoms with Crippen molar-refractivity contribution in [1.82, 2.24) is 34.6 Å². The number of pyridine rings is 1. The van der Waals surface area contributed by atoms with Crippen LogP contribution in [0.5, 0.6) is 0 Å². The number of nitrogens with zero attached hydrogens (tertiary/aromatic N) is 8. The van der Waals surface area contributed by atoms with Gasteiger partial charge in [-0.2, -0.15) is 23.5 Å². The highest BCUT2D eigenvalue weighted by Gasteiger charge is 2.38. The molecular weight excluding hydrogens is 527 g/mol. The van der Waals surface area contributed by atoms with Gasteiger partial charge in [-0.05, 0) is 45.1 Å². The first-order chi connectivity index (χ1) is 19.1. The van der Waals surface area contributed by atoms with Crippen LogP contribution in [0.25, 0.3) is 33.7 Å². The number of rotatable bonds is 6. The van der Waals surface area contributed by atoms with Gasteiger partial charge in [0, 0.05) is 43.1 Å². The number of fused-ring (bicyclic) bond motifs is 1. The number of carboxylic acid groups (broad SMARTS) is 1. The molecule has 0 spiro atoms. The number of anilines is 1. The van der Waals surface area contributed by atoms with E-state index in [2.05, 4.69) is 44.0 Å². The Labute approximate surface area is 227 Å². The minimum absolute atomic E-state index is 0.431. The van der Waals surface area contributed by atoms with E-state index >= 15 is 0 Å². The predicted octanol–water partition coefficient (Wildman–Crippen LogP) is 4.13. The number of nitrogens with one attached hydrogen (secondary N) is 1. The number of H-pyrrole nitrogens is 1. The van der Waals surface area contributed by atoms with Crippen LogP contribution >= 0.6 is 0 Å². The molecule has 1 saturated heterocycles. The quantitative estimate of drug-likeness (QED) is 0.359. The fraction of sp³-hybridized carbons (Fsp3) is 0.385. The fourth-order valence-electron chi connectivity index (χ4n) is 4.29. The average molecular weight is 556 g/mol. The van der Waals surface area contributed by atoms with Crippen LogP contribution in [0.15, 0.2) is 43.0 Å². The summed E-state index contributed by atoms with van der Waals surface area (Å²) in [6.45, 7) is 2.83. The van der Waals surface area contributed by atoms with Crippen molar-refractivity contribution < 1.29 is 23.1 Å². The van der Waals surface area contributed by atoms with Crippen LogP contribution in [-0.2, 0) is 4.79 Å². The number of aliphatic carboxylic acids is 1. The number of likely N-dealkylation sites (tertiary alicyclic amines) is 1. The van der Waals surface area contributed by atoms with Crippen LogP contribution in [-0.4, -0.2) is 85.6 Å². The van der Waals surface area contributed by atoms with Gasteiger partial charge >= 0.3 is 12.1 Å². The van der Waals surface area contributed by atoms with Crippen molar-refractivity contribution in [3.8, 4) is 28.7 Å². The molecule has 11 nitrogen and oxygen atoms in total. The van der Waals surface area contributed by atoms with Gasteiger partial charge < -0.3 is 19.9 Å². The minimum atomic E-state index is -5.08. The predicted molar refractivity (Wildman–Crippen MR) is 141 cm³/mol. The molecule has 0 bridgehead atoms. The Hall–Kier alpha value is -4.51. The zero-order valence-corrected chi connectivity index (χ0v) is 21.9. The zero-order chi connectivity index (χ0) is 28.9. The van der Waals surface area contributed by atoms with Crippen molar-refractivity contribution >= 4 is 22.8 Å². The van der Waals surface area contributed by atoms with Gasteiger partial charge in [-0.15, -0.1) is 0 Å². The first-order valence-electron chi connectivity index (χ1n) is 12.5. The molecule has 0 amide bonds. The summed E-state index contributed by atoms with van der Waals surface area (Å²) in [5.74, 6) is -1.27. The average Bonchev–Trinajstić information content (AvgIpc) is 3.59. The summed E-state index contributed by atoms with van der Waals surface area (Å²) in [7, 11) is 4.11. The number of halogens is 3. The third-order valence-electron chi connectivity index (χ3n) is 6.56. The van der Waals surface area contributed by atoms with Gasteiger partial charge in [-0.3, -0.25) is 4.68 Å². The van der Waals surface area contributed by atoms with Crippen LogP contribution in [0, 0.1) is 11.3 Å². The fourth-order valence-corrected chi connectivity index (χ4v) is 4.29. The highest BCUT2D eigenvalue weighted by molar-refractivity contribution is 5.92. The molecule has 40 heavy (non-hydrogen) atoms. The summed E-state index contributed by atoms with van der Waals surface area (Å²) in [4.78, 5) is 30.7. The Morgan fingerprint density at radius 1 is 1.25 bits per heavy atom. The summed E-state index contributed by atoms with van der Waals surface area (Å²) >= 11 is 0. The van der Waals surface area contributed by atoms with Crippen molar-refractivity contribution in [3.05, 3.63) is 43.0 Å². The van der Waals surface area contributed by atoms with Crippen molar-refractivity contribution in [2.24, 2.45) is 0 Å². The second-order valence-electron chi connectivity index (χ2n) is 9.42. The van der Waals surface area contributed by atoms with Crippen LogP contribution in [0.2, 0.25) is 0 Å². The monoisotopic (exact) mass is 555 g/mol. The van der Waals surface area contributed by atoms with Gasteiger partial charge in [0.05, 0.1) is 36.0 Å². The lowest BCUT2D eigenvalue weighted by Crippen LogP contribution is -2.31. The van der Waals surface area contributed by atoms with Crippen LogP contribution in [0.4, 0.5) is 19.0 Å². The molecule has 1 fully saturated rings. The lowest BCUT2D eigenvalue weighted by Gasteiger charge is -2.28. The maximum absolute atomic E-state index is 10.6. The summed E-state index contributed by atoms with van der Waals surface area (Å²) in [5.41, 5.74) is 3.49. The van der Waals surface area contributed by atoms with Crippen LogP contribution < -0.4 is 4.90 Å². The molecule has 0 atom stereocenters. The second kappa shape index (κ2) is 12.1. The highest BCUT2D eigenvalue weighted by Crippen LogP contribution is 2.29. The van der Waals surface area contributed by atoms with Gasteiger partial charge in [0.1, 0.15) is 11.5 Å². The van der Waals surface area contributed by atoms with E-state index in [9.17, 15) is 13.2 Å². The molecule has 2 N–H and O–H groups in total. The topological polar surface area (TPSA) is 140 Å². The molecule has 0 saturated carbocycles. The van der Waals surface area contributed by atoms with E-state index in [4.69, 9.17) is 25.1 Å². The standard InChI is InChI=1S/C24H27N9.C2HF3O2/c1-31-11-7-18(8-12-31)33-16-17(13-28-33)23-26-15-20-19(14-27-24(20)30-23)21-5-3-6-22(29-21)32(2)10-4-9-25;3-2(4,5)1(6)7/h3,5-6,13-16,18H,4,7-8,10-12H2,1-2H3,(H,26,27,30);(H,6,7). The van der Waals surface area contributed by atoms with Gasteiger partial charge in [-0.25, -0.2) is 19.7 Å². The van der Waals surface area contributed by atoms with E-state index in [1.165, 1.54) is 0 Å². The van der Waals surface area contributed by atoms with E-state index in [-0.39, 0.29) is 0 Å². The number of aromatic nitrogens is 6. The van der Waals surface area contributed by atoms with E-state index in [0.717, 1.165) is 59.6 Å². The normalized spacial score (nSPS) is 14.4. The molecule has 1 aliphatic heterocycles. The van der Waals surface area contributed by atoms with Crippen molar-refractivity contribution in [2.75, 3.05) is 38.6 Å². The molecule has 0 aromatic carbocycles. The van der Waals surface area contributed by atoms with Gasteiger partial charge in [-0.1, -0.05) is 6.07 Å². The number of nitriles is 1. The summed E-state index contributed by atoms with van der Waals surface area (Å²) in [5, 5.41) is 21.5. The molecule has 0 radical (unpaired) electrons. The van der Waals surface area contributed by atoms with Gasteiger partial charge in [0.15, 0.2) is 5.82 Å². The number of hydrogen-bond acceptors (Lipinski definition) is 8. The number of alkyl halides is 3. The second-order valence-corrected chi connectivity index (χ2v) is 9.42. The van der Waals surface area contributed by atoms with E-state index in [1.807, 2.05) is 48.7 Å². The largest absolute Gasteiger partial charge is 0.490 e. The summed E-state index contributed by atoms with van der Waals surface area (Å²) in [6.07, 6.45) is 5.27. The molecule has 14 heteroatoms. The summed E-state index contributed by atoms with van der Waals surface area (Å²) < 4.78 is 33.8. The van der Waals surface area contributed by atoms with E-state index < -0.39 is 12.1 Å². The Bertz CT molecular complexity index is 1500. The molecular formula is C26H28F3N9O2. The Balaban J connectivity index is 0.000000470. The molecule has 4 aromatic heterocycles. The van der Waals surface area contributed by atoms with E-state index in [0.29, 0.717) is 24.8 Å². The first-order valence-corrected chi connectivity index (χ1v) is 12.5. The number of aromatic amines is 1. The van der Waals surface area contributed by atoms with Crippen LogP contribution in [0.3, 0.4) is 0 Å². The third-order valence-corrected chi connectivity index (χ3v) is 6.56. The van der Waals surface area contributed by atoms with Crippen LogP contribution in [0.1, 0.15) is 25.3 Å². The van der Waals surface area contributed by atoms with Gasteiger partial charge in [0.2, 0.25) is 0 Å². The van der Waals surface area contributed by atoms with E-state index in [1.54, 1.807) is 0 Å². The molecule has 5 rings (SSSR count). The molecule has 210 valence electrons. The third kappa shape index (κ3) is 6.73. The first kappa shape index (κ1) is 28.5. The minimum Gasteiger partial charge on any atom is -0.475 e. The molecule has 1 aliphatic rings. The number of carboxylic acids is 1. The van der Waals surface area contributed by atoms with Crippen molar-refractivity contribution in [1.29, 1.82) is 5.26 Å². The number of piperidine rings is 1. The molecule has 0 unspecified atom stereocenters. The number of hydrogen-bond donors (Lipinski definition) is 2. The van der Waals surface area contributed by atoms with Gasteiger partial charge in [0.25, 0.3) is 0 Å². The number of carbonyl (C=O) groups is 1. The zero-order valence-electron chi connectivity index (χ0n) is 21.9. The highest BCUT2D eigenvalue weighted by atomic mass is 19.4. The smallest absolute Gasteiger partial charge is 0.475 e. The Kier molecular flexibility index (Phi) is 8.64. The van der Waals surface area contributed by atoms with Crippen molar-refractivity contribution in [2.45, 2.75) is 31.5 Å². The maximum atomic E-state index is 10.6. The summed E-state index contributed by atoms with van der Waals surface area (Å²) in [6, 6.07) is 8.51. The lowest BCUT2D eigenvalue weighted by molar-refractivity contribution is -0.192. The molecule has 0 aliphatic carbocycles. The lowest BCUT2D eigenvalue weighted by atomic mass is 10.1. The maximum Gasteiger partial charge on any atom is 0.490 e. The molecule has 4 aromatic rings. The Morgan fingerprint density at radius 2 is 1.98 bits per heavy atom. The SMILES string of the molecule is CN1CCC(n2cc(-c3ncc4c(-c5cccc(N(C)CCC#N)n5)c[nH]c4n3)cn2)CC1.O=C(O)C(F)(F)F.